The molecule has 6 rings (SSSR count). The van der Waals surface area contributed by atoms with Gasteiger partial charge in [-0.05, 0) is 67.3 Å². The third-order valence-electron chi connectivity index (χ3n) is 6.65. The zero-order valence-corrected chi connectivity index (χ0v) is 22.1. The fourth-order valence-corrected chi connectivity index (χ4v) is 4.37. The summed E-state index contributed by atoms with van der Waals surface area (Å²) in [5.74, 6) is 2.72. The summed E-state index contributed by atoms with van der Waals surface area (Å²) in [6, 6.07) is 25.7. The van der Waals surface area contributed by atoms with Gasteiger partial charge in [0.2, 0.25) is 0 Å². The number of nitrogens with one attached hydrogen (secondary N) is 2. The molecule has 0 radical (unpaired) electrons. The average molecular weight is 518 g/mol. The molecule has 2 N–H and O–H groups in total. The third-order valence-corrected chi connectivity index (χ3v) is 6.65. The Morgan fingerprint density at radius 1 is 0.949 bits per heavy atom. The number of imidazole rings is 1. The van der Waals surface area contributed by atoms with Crippen LogP contribution in [0.3, 0.4) is 0 Å². The molecule has 0 bridgehead atoms. The van der Waals surface area contributed by atoms with Crippen LogP contribution in [0.5, 0.6) is 11.5 Å². The number of anilines is 1. The van der Waals surface area contributed by atoms with Crippen LogP contribution in [-0.4, -0.2) is 32.9 Å². The molecule has 1 aliphatic carbocycles. The van der Waals surface area contributed by atoms with Crippen molar-refractivity contribution in [3.05, 3.63) is 96.8 Å². The van der Waals surface area contributed by atoms with Crippen LogP contribution >= 0.6 is 0 Å². The Morgan fingerprint density at radius 2 is 1.64 bits per heavy atom. The number of hydrogen-bond acceptors (Lipinski definition) is 5. The van der Waals surface area contributed by atoms with Crippen LogP contribution in [0.4, 0.5) is 5.82 Å². The predicted molar refractivity (Wildman–Crippen MR) is 154 cm³/mol. The number of carbonyl (C=O) groups is 1. The first-order valence-corrected chi connectivity index (χ1v) is 13.4. The van der Waals surface area contributed by atoms with Crippen molar-refractivity contribution in [1.82, 2.24) is 19.7 Å². The van der Waals surface area contributed by atoms with Crippen molar-refractivity contribution in [2.75, 3.05) is 11.9 Å². The number of para-hydroxylation sites is 1. The molecular formula is C32H31N5O2. The number of nitrogens with zero attached hydrogens (tertiary/aromatic N) is 3. The van der Waals surface area contributed by atoms with E-state index in [0.29, 0.717) is 17.5 Å². The highest BCUT2D eigenvalue weighted by molar-refractivity contribution is 5.95. The molecule has 1 amide bonds. The highest BCUT2D eigenvalue weighted by atomic mass is 16.5. The van der Waals surface area contributed by atoms with E-state index in [9.17, 15) is 4.79 Å². The molecule has 196 valence electrons. The Hall–Kier alpha value is -4.65. The highest BCUT2D eigenvalue weighted by Gasteiger charge is 2.24. The van der Waals surface area contributed by atoms with Crippen molar-refractivity contribution < 1.29 is 9.53 Å². The van der Waals surface area contributed by atoms with Crippen LogP contribution in [0.15, 0.2) is 91.3 Å². The minimum atomic E-state index is -0.0199. The average Bonchev–Trinajstić information content (AvgIpc) is 3.67. The summed E-state index contributed by atoms with van der Waals surface area (Å²) >= 11 is 0. The molecule has 39 heavy (non-hydrogen) atoms. The molecule has 2 heterocycles. The maximum absolute atomic E-state index is 12.5. The van der Waals surface area contributed by atoms with Gasteiger partial charge in [0.1, 0.15) is 11.5 Å². The number of carbonyl (C=O) groups excluding carboxylic acids is 1. The molecule has 1 saturated carbocycles. The van der Waals surface area contributed by atoms with Crippen LogP contribution in [0, 0.1) is 5.92 Å². The number of hydrogen-bond donors (Lipinski definition) is 2. The minimum absolute atomic E-state index is 0.0199. The van der Waals surface area contributed by atoms with Gasteiger partial charge in [-0.15, -0.1) is 0 Å². The molecule has 0 aliphatic heterocycles. The monoisotopic (exact) mass is 517 g/mol. The normalized spacial score (nSPS) is 13.0. The van der Waals surface area contributed by atoms with Gasteiger partial charge in [0.25, 0.3) is 5.91 Å². The van der Waals surface area contributed by atoms with E-state index in [1.807, 2.05) is 91.3 Å². The van der Waals surface area contributed by atoms with Crippen molar-refractivity contribution in [3.63, 3.8) is 0 Å². The first kappa shape index (κ1) is 24.7. The second-order valence-corrected chi connectivity index (χ2v) is 10.4. The van der Waals surface area contributed by atoms with E-state index in [-0.39, 0.29) is 5.91 Å². The number of benzene rings is 3. The highest BCUT2D eigenvalue weighted by Crippen LogP contribution is 2.30. The zero-order chi connectivity index (χ0) is 26.8. The molecule has 0 atom stereocenters. The number of ether oxygens (including phenoxy) is 1. The number of rotatable bonds is 9. The largest absolute Gasteiger partial charge is 0.457 e. The molecule has 2 aromatic heterocycles. The molecular weight excluding hydrogens is 486 g/mol. The second-order valence-electron chi connectivity index (χ2n) is 10.4. The van der Waals surface area contributed by atoms with Crippen LogP contribution in [0.25, 0.3) is 28.2 Å². The molecule has 7 nitrogen and oxygen atoms in total. The van der Waals surface area contributed by atoms with Crippen molar-refractivity contribution in [3.8, 4) is 34.0 Å². The molecule has 0 saturated heterocycles. The van der Waals surface area contributed by atoms with Crippen molar-refractivity contribution in [2.45, 2.75) is 32.7 Å². The van der Waals surface area contributed by atoms with E-state index < -0.39 is 0 Å². The summed E-state index contributed by atoms with van der Waals surface area (Å²) in [5, 5.41) is 6.53. The second kappa shape index (κ2) is 10.6. The van der Waals surface area contributed by atoms with E-state index in [1.165, 1.54) is 0 Å². The summed E-state index contributed by atoms with van der Waals surface area (Å²) in [5.41, 5.74) is 5.12. The summed E-state index contributed by atoms with van der Waals surface area (Å²) in [4.78, 5) is 22.1. The molecule has 7 heteroatoms. The lowest BCUT2D eigenvalue weighted by Crippen LogP contribution is -2.25. The van der Waals surface area contributed by atoms with Crippen molar-refractivity contribution in [1.29, 1.82) is 0 Å². The molecule has 1 fully saturated rings. The van der Waals surface area contributed by atoms with Crippen LogP contribution in [0.1, 0.15) is 37.0 Å². The van der Waals surface area contributed by atoms with Gasteiger partial charge < -0.3 is 15.4 Å². The lowest BCUT2D eigenvalue weighted by molar-refractivity contribution is 0.0951. The van der Waals surface area contributed by atoms with Gasteiger partial charge in [0.15, 0.2) is 11.5 Å². The summed E-state index contributed by atoms with van der Waals surface area (Å²) < 4.78 is 8.04. The fraction of sp³-hybridized carbons (Fsp3) is 0.219. The van der Waals surface area contributed by atoms with Gasteiger partial charge in [0, 0.05) is 35.5 Å². The maximum atomic E-state index is 12.5. The molecule has 1 aliphatic rings. The Labute approximate surface area is 227 Å². The van der Waals surface area contributed by atoms with Crippen LogP contribution in [-0.2, 0) is 0 Å². The Kier molecular flexibility index (Phi) is 6.71. The van der Waals surface area contributed by atoms with E-state index >= 15 is 0 Å². The summed E-state index contributed by atoms with van der Waals surface area (Å²) in [6.07, 6.45) is 6.01. The standard InChI is InChI=1S/C32H31N5O2/c1-21(2)18-33-30-31-34-19-29(23-8-10-24(11-9-23)32(38)35-25-14-15-25)37(31)20-28(36-30)22-12-16-27(17-13-22)39-26-6-4-3-5-7-26/h3-13,16-17,19-21,25H,14-15,18H2,1-2H3,(H,33,36)(H,35,38). The Bertz CT molecular complexity index is 1590. The lowest BCUT2D eigenvalue weighted by atomic mass is 10.1. The van der Waals surface area contributed by atoms with Crippen LogP contribution < -0.4 is 15.4 Å². The topological polar surface area (TPSA) is 80.5 Å². The molecule has 0 unspecified atom stereocenters. The lowest BCUT2D eigenvalue weighted by Gasteiger charge is -2.13. The van der Waals surface area contributed by atoms with E-state index in [2.05, 4.69) is 28.9 Å². The van der Waals surface area contributed by atoms with Gasteiger partial charge in [-0.1, -0.05) is 44.2 Å². The van der Waals surface area contributed by atoms with E-state index in [1.54, 1.807) is 0 Å². The van der Waals surface area contributed by atoms with Gasteiger partial charge >= 0.3 is 0 Å². The first-order chi connectivity index (χ1) is 19.0. The smallest absolute Gasteiger partial charge is 0.251 e. The van der Waals surface area contributed by atoms with Crippen molar-refractivity contribution >= 4 is 17.4 Å². The SMILES string of the molecule is CC(C)CNc1nc(-c2ccc(Oc3ccccc3)cc2)cn2c(-c3ccc(C(=O)NC4CC4)cc3)cnc12. The molecule has 0 spiro atoms. The number of aromatic nitrogens is 3. The Morgan fingerprint density at radius 3 is 2.33 bits per heavy atom. The van der Waals surface area contributed by atoms with Gasteiger partial charge in [-0.2, -0.15) is 0 Å². The van der Waals surface area contributed by atoms with Crippen LogP contribution in [0.2, 0.25) is 0 Å². The van der Waals surface area contributed by atoms with E-state index in [0.717, 1.165) is 64.9 Å². The van der Waals surface area contributed by atoms with Gasteiger partial charge in [-0.3, -0.25) is 9.20 Å². The number of fused-ring (bicyclic) bond motifs is 1. The summed E-state index contributed by atoms with van der Waals surface area (Å²) in [6.45, 7) is 5.11. The first-order valence-electron chi connectivity index (χ1n) is 13.4. The van der Waals surface area contributed by atoms with Crippen molar-refractivity contribution in [2.24, 2.45) is 5.92 Å². The van der Waals surface area contributed by atoms with E-state index in [4.69, 9.17) is 14.7 Å². The number of amides is 1. The molecule has 5 aromatic rings. The third kappa shape index (κ3) is 5.62. The summed E-state index contributed by atoms with van der Waals surface area (Å²) in [7, 11) is 0. The minimum Gasteiger partial charge on any atom is -0.457 e. The van der Waals surface area contributed by atoms with Gasteiger partial charge in [-0.25, -0.2) is 9.97 Å². The fourth-order valence-electron chi connectivity index (χ4n) is 4.37. The predicted octanol–water partition coefficient (Wildman–Crippen LogP) is 6.82. The zero-order valence-electron chi connectivity index (χ0n) is 22.1. The quantitative estimate of drug-likeness (QED) is 0.224. The van der Waals surface area contributed by atoms with Gasteiger partial charge in [0.05, 0.1) is 17.6 Å². The molecule has 3 aromatic carbocycles. The Balaban J connectivity index is 1.33. The maximum Gasteiger partial charge on any atom is 0.251 e.